The molecule has 0 aliphatic heterocycles. The van der Waals surface area contributed by atoms with Crippen LogP contribution in [0.2, 0.25) is 0 Å². The molecule has 0 aliphatic carbocycles. The first-order valence-electron chi connectivity index (χ1n) is 12.5. The smallest absolute Gasteiger partial charge is 0.435 e. The second kappa shape index (κ2) is 12.7. The minimum absolute atomic E-state index is 0.128. The quantitative estimate of drug-likeness (QED) is 0.0878. The molecule has 13 nitrogen and oxygen atoms in total. The number of carbonyl (C=O) groups is 2. The van der Waals surface area contributed by atoms with Crippen LogP contribution >= 0.6 is 0 Å². The molecule has 3 aromatic rings. The molecule has 0 atom stereocenters. The highest BCUT2D eigenvalue weighted by Crippen LogP contribution is 2.33. The predicted molar refractivity (Wildman–Crippen MR) is 144 cm³/mol. The van der Waals surface area contributed by atoms with Crippen LogP contribution in [0.25, 0.3) is 16.9 Å². The Balaban J connectivity index is 1.70. The number of esters is 1. The second-order valence-electron chi connectivity index (χ2n) is 10.3. The molecule has 0 radical (unpaired) electrons. The first-order chi connectivity index (χ1) is 19.9. The highest BCUT2D eigenvalue weighted by molar-refractivity contribution is 7.90. The molecule has 0 fully saturated rings. The lowest BCUT2D eigenvalue weighted by molar-refractivity contribution is -0.704. The first kappa shape index (κ1) is 32.8. The number of likely N-dealkylation sites (N-methyl/N-ethyl adjacent to an activating group) is 1. The van der Waals surface area contributed by atoms with Gasteiger partial charge in [0.1, 0.15) is 0 Å². The number of carbonyl (C=O) groups excluding carboxylic acids is 2. The van der Waals surface area contributed by atoms with Gasteiger partial charge in [0.25, 0.3) is 22.7 Å². The second-order valence-corrected chi connectivity index (χ2v) is 12.0. The standard InChI is InChI=1S/C26H29F3N6O7S/c1-17-6-8-18(9-7-17)21-14-22(26(27,28)29)30-34(21)19-10-12-20(13-11-19)43(39,40)31-23(36)15-33(5)35(38)32-42-16-41-24(37)25(2,3)4/h6-14H,15-16H2,1-5H3,(H,31,36)/b35-32-. The van der Waals surface area contributed by atoms with E-state index in [2.05, 4.69) is 15.2 Å². The number of aromatic nitrogens is 2. The molecule has 17 heteroatoms. The van der Waals surface area contributed by atoms with Crippen molar-refractivity contribution in [3.8, 4) is 16.9 Å². The van der Waals surface area contributed by atoms with Crippen molar-refractivity contribution in [1.29, 1.82) is 0 Å². The molecule has 1 heterocycles. The Hall–Kier alpha value is -4.67. The molecule has 0 bridgehead atoms. The summed E-state index contributed by atoms with van der Waals surface area (Å²) in [7, 11) is -3.32. The Morgan fingerprint density at radius 2 is 1.70 bits per heavy atom. The van der Waals surface area contributed by atoms with Gasteiger partial charge in [-0.2, -0.15) is 18.3 Å². The molecule has 0 unspecified atom stereocenters. The van der Waals surface area contributed by atoms with E-state index >= 15 is 0 Å². The van der Waals surface area contributed by atoms with Gasteiger partial charge >= 0.3 is 12.1 Å². The fraction of sp³-hybridized carbons (Fsp3) is 0.346. The SMILES string of the molecule is Cc1ccc(-c2cc(C(F)(F)F)nn2-c2ccc(S(=O)(=O)NC(=O)CN(C)/[N+]([O-])=N/OCOC(=O)C(C)(C)C)cc2)cc1. The summed E-state index contributed by atoms with van der Waals surface area (Å²) in [6.45, 7) is 5.22. The molecule has 3 rings (SSSR count). The van der Waals surface area contributed by atoms with Crippen molar-refractivity contribution in [2.45, 2.75) is 38.8 Å². The van der Waals surface area contributed by atoms with Crippen molar-refractivity contribution in [2.24, 2.45) is 10.7 Å². The average molecular weight is 627 g/mol. The van der Waals surface area contributed by atoms with Crippen LogP contribution < -0.4 is 4.72 Å². The van der Waals surface area contributed by atoms with E-state index in [0.29, 0.717) is 10.6 Å². The molecular formula is C26H29F3N6O7S. The number of benzene rings is 2. The van der Waals surface area contributed by atoms with Gasteiger partial charge in [-0.1, -0.05) is 29.8 Å². The number of hydrazine groups is 1. The molecule has 1 amide bonds. The summed E-state index contributed by atoms with van der Waals surface area (Å²) in [4.78, 5) is 28.0. The Morgan fingerprint density at radius 1 is 1.09 bits per heavy atom. The van der Waals surface area contributed by atoms with Crippen molar-refractivity contribution in [3.05, 3.63) is 71.1 Å². The zero-order chi connectivity index (χ0) is 32.2. The lowest BCUT2D eigenvalue weighted by Gasteiger charge is -2.15. The summed E-state index contributed by atoms with van der Waals surface area (Å²) in [6, 6.07) is 12.3. The van der Waals surface area contributed by atoms with E-state index in [-0.39, 0.29) is 21.2 Å². The number of rotatable bonds is 10. The predicted octanol–water partition coefficient (Wildman–Crippen LogP) is 3.96. The van der Waals surface area contributed by atoms with E-state index in [1.807, 2.05) is 6.92 Å². The highest BCUT2D eigenvalue weighted by Gasteiger charge is 2.35. The van der Waals surface area contributed by atoms with Gasteiger partial charge in [-0.3, -0.25) is 9.59 Å². The van der Waals surface area contributed by atoms with Crippen molar-refractivity contribution < 1.29 is 45.7 Å². The van der Waals surface area contributed by atoms with Crippen molar-refractivity contribution in [1.82, 2.24) is 19.5 Å². The number of nitrogens with zero attached hydrogens (tertiary/aromatic N) is 5. The van der Waals surface area contributed by atoms with Crippen molar-refractivity contribution in [2.75, 3.05) is 20.4 Å². The summed E-state index contributed by atoms with van der Waals surface area (Å²) in [5.41, 5.74) is -0.320. The van der Waals surface area contributed by atoms with E-state index in [4.69, 9.17) is 4.74 Å². The van der Waals surface area contributed by atoms with Crippen LogP contribution in [0.1, 0.15) is 32.0 Å². The van der Waals surface area contributed by atoms with Gasteiger partial charge in [-0.05, 0) is 58.0 Å². The molecule has 43 heavy (non-hydrogen) atoms. The molecule has 232 valence electrons. The van der Waals surface area contributed by atoms with Crippen molar-refractivity contribution in [3.63, 3.8) is 0 Å². The maximum atomic E-state index is 13.5. The van der Waals surface area contributed by atoms with Crippen LogP contribution in [0.4, 0.5) is 13.2 Å². The Labute approximate surface area is 245 Å². The first-order valence-corrected chi connectivity index (χ1v) is 14.0. The number of alkyl halides is 3. The zero-order valence-corrected chi connectivity index (χ0v) is 24.6. The third-order valence-corrected chi connectivity index (χ3v) is 7.02. The fourth-order valence-corrected chi connectivity index (χ4v) is 4.33. The lowest BCUT2D eigenvalue weighted by atomic mass is 9.98. The lowest BCUT2D eigenvalue weighted by Crippen LogP contribution is -2.40. The van der Waals surface area contributed by atoms with Crippen molar-refractivity contribution >= 4 is 21.9 Å². The minimum atomic E-state index is -4.72. The summed E-state index contributed by atoms with van der Waals surface area (Å²) >= 11 is 0. The highest BCUT2D eigenvalue weighted by atomic mass is 32.2. The Bertz CT molecular complexity index is 1600. The Morgan fingerprint density at radius 3 is 2.26 bits per heavy atom. The summed E-state index contributed by atoms with van der Waals surface area (Å²) in [5, 5.41) is 19.4. The third kappa shape index (κ3) is 8.67. The van der Waals surface area contributed by atoms with Gasteiger partial charge < -0.3 is 14.8 Å². The van der Waals surface area contributed by atoms with Gasteiger partial charge in [0.2, 0.25) is 5.28 Å². The van der Waals surface area contributed by atoms with Gasteiger partial charge in [-0.15, -0.1) is 5.01 Å². The number of nitrogens with one attached hydrogen (secondary N) is 1. The molecular weight excluding hydrogens is 597 g/mol. The largest absolute Gasteiger partial charge is 0.569 e. The van der Waals surface area contributed by atoms with E-state index in [1.165, 1.54) is 12.1 Å². The molecule has 0 aliphatic rings. The molecule has 0 saturated heterocycles. The molecule has 1 aromatic heterocycles. The van der Waals surface area contributed by atoms with E-state index < -0.39 is 52.5 Å². The minimum Gasteiger partial charge on any atom is -0.569 e. The van der Waals surface area contributed by atoms with Crippen LogP contribution in [0.3, 0.4) is 0 Å². The maximum absolute atomic E-state index is 13.5. The Kier molecular flexibility index (Phi) is 9.69. The van der Waals surface area contributed by atoms with E-state index in [9.17, 15) is 36.4 Å². The van der Waals surface area contributed by atoms with E-state index in [0.717, 1.165) is 35.5 Å². The maximum Gasteiger partial charge on any atom is 0.435 e. The number of hydrogen-bond donors (Lipinski definition) is 1. The fourth-order valence-electron chi connectivity index (χ4n) is 3.35. The number of aryl methyl sites for hydroxylation is 1. The van der Waals surface area contributed by atoms with E-state index in [1.54, 1.807) is 49.8 Å². The third-order valence-electron chi connectivity index (χ3n) is 5.63. The van der Waals surface area contributed by atoms with Gasteiger partial charge in [0.05, 0.1) is 33.7 Å². The van der Waals surface area contributed by atoms with Gasteiger partial charge in [-0.25, -0.2) is 17.8 Å². The number of ether oxygens (including phenoxy) is 1. The summed E-state index contributed by atoms with van der Waals surface area (Å²) in [5.74, 6) is -1.71. The van der Waals surface area contributed by atoms with Gasteiger partial charge in [0, 0.05) is 5.56 Å². The normalized spacial score (nSPS) is 12.5. The molecule has 0 spiro atoms. The average Bonchev–Trinajstić information content (AvgIpc) is 3.36. The van der Waals surface area contributed by atoms with Crippen LogP contribution in [-0.2, 0) is 35.4 Å². The van der Waals surface area contributed by atoms with Crippen LogP contribution in [0.15, 0.2) is 64.8 Å². The summed E-state index contributed by atoms with van der Waals surface area (Å²) < 4.78 is 73.4. The van der Waals surface area contributed by atoms with Crippen LogP contribution in [0, 0.1) is 17.5 Å². The number of sulfonamides is 1. The zero-order valence-electron chi connectivity index (χ0n) is 23.7. The molecule has 1 N–H and O–H groups in total. The van der Waals surface area contributed by atoms with Gasteiger partial charge in [0.15, 0.2) is 12.2 Å². The summed E-state index contributed by atoms with van der Waals surface area (Å²) in [6.07, 6.45) is -4.72. The number of amides is 1. The van der Waals surface area contributed by atoms with Crippen LogP contribution in [0.5, 0.6) is 0 Å². The number of halogens is 3. The molecule has 2 aromatic carbocycles. The van der Waals surface area contributed by atoms with Crippen LogP contribution in [-0.4, -0.2) is 60.4 Å². The monoisotopic (exact) mass is 626 g/mol. The molecule has 0 saturated carbocycles. The number of hydrogen-bond acceptors (Lipinski definition) is 9. The topological polar surface area (TPSA) is 158 Å².